The van der Waals surface area contributed by atoms with Gasteiger partial charge < -0.3 is 9.15 Å². The molecule has 1 aliphatic rings. The van der Waals surface area contributed by atoms with Crippen LogP contribution in [-0.2, 0) is 0 Å². The Morgan fingerprint density at radius 3 is 2.50 bits per heavy atom. The van der Waals surface area contributed by atoms with Crippen LogP contribution < -0.4 is 4.74 Å². The van der Waals surface area contributed by atoms with Crippen LogP contribution in [0.2, 0.25) is 0 Å². The minimum atomic E-state index is 0.406. The SMILES string of the molecule is COc1ccccc1-c1nnc(-c2cnc(C3CC3)nc2)o1. The zero-order chi connectivity index (χ0) is 14.9. The van der Waals surface area contributed by atoms with Crippen molar-refractivity contribution in [3.8, 4) is 28.7 Å². The molecular weight excluding hydrogens is 280 g/mol. The van der Waals surface area contributed by atoms with Crippen LogP contribution in [0.25, 0.3) is 22.9 Å². The second-order valence-electron chi connectivity index (χ2n) is 5.22. The van der Waals surface area contributed by atoms with Crippen molar-refractivity contribution in [2.75, 3.05) is 7.11 Å². The molecular formula is C16H14N4O2. The molecule has 1 saturated carbocycles. The molecule has 1 aliphatic carbocycles. The number of methoxy groups -OCH3 is 1. The van der Waals surface area contributed by atoms with Crippen molar-refractivity contribution in [3.63, 3.8) is 0 Å². The molecule has 2 aromatic heterocycles. The molecule has 4 rings (SSSR count). The Morgan fingerprint density at radius 1 is 1.05 bits per heavy atom. The highest BCUT2D eigenvalue weighted by molar-refractivity contribution is 5.63. The predicted molar refractivity (Wildman–Crippen MR) is 79.3 cm³/mol. The fraction of sp³-hybridized carbons (Fsp3) is 0.250. The molecule has 3 aromatic rings. The molecule has 0 spiro atoms. The molecule has 2 heterocycles. The van der Waals surface area contributed by atoms with Gasteiger partial charge in [0.25, 0.3) is 11.8 Å². The summed E-state index contributed by atoms with van der Waals surface area (Å²) in [6.07, 6.45) is 5.83. The van der Waals surface area contributed by atoms with Crippen LogP contribution in [-0.4, -0.2) is 27.3 Å². The number of benzene rings is 1. The Labute approximate surface area is 127 Å². The lowest BCUT2D eigenvalue weighted by atomic mass is 10.2. The molecule has 0 saturated heterocycles. The first-order valence-corrected chi connectivity index (χ1v) is 7.14. The normalized spacial score (nSPS) is 14.0. The van der Waals surface area contributed by atoms with E-state index in [0.717, 1.165) is 17.0 Å². The van der Waals surface area contributed by atoms with Gasteiger partial charge in [0, 0.05) is 18.3 Å². The Hall–Kier alpha value is -2.76. The van der Waals surface area contributed by atoms with Crippen LogP contribution in [0.15, 0.2) is 41.1 Å². The Bertz CT molecular complexity index is 794. The molecule has 0 atom stereocenters. The minimum Gasteiger partial charge on any atom is -0.496 e. The van der Waals surface area contributed by atoms with E-state index in [2.05, 4.69) is 20.2 Å². The van der Waals surface area contributed by atoms with Crippen molar-refractivity contribution in [1.82, 2.24) is 20.2 Å². The van der Waals surface area contributed by atoms with Gasteiger partial charge in [-0.2, -0.15) is 0 Å². The fourth-order valence-corrected chi connectivity index (χ4v) is 2.27. The van der Waals surface area contributed by atoms with Gasteiger partial charge in [-0.3, -0.25) is 0 Å². The topological polar surface area (TPSA) is 73.9 Å². The maximum absolute atomic E-state index is 5.73. The number of hydrogen-bond acceptors (Lipinski definition) is 6. The van der Waals surface area contributed by atoms with E-state index in [4.69, 9.17) is 9.15 Å². The molecule has 0 N–H and O–H groups in total. The highest BCUT2D eigenvalue weighted by Gasteiger charge is 2.26. The van der Waals surface area contributed by atoms with Gasteiger partial charge in [-0.05, 0) is 25.0 Å². The van der Waals surface area contributed by atoms with Crippen molar-refractivity contribution < 1.29 is 9.15 Å². The van der Waals surface area contributed by atoms with Crippen molar-refractivity contribution >= 4 is 0 Å². The molecule has 0 bridgehead atoms. The van der Waals surface area contributed by atoms with Crippen LogP contribution in [0.5, 0.6) is 5.75 Å². The first-order chi connectivity index (χ1) is 10.8. The van der Waals surface area contributed by atoms with Gasteiger partial charge in [0.1, 0.15) is 11.6 Å². The lowest BCUT2D eigenvalue weighted by Gasteiger charge is -2.03. The van der Waals surface area contributed by atoms with Crippen molar-refractivity contribution in [2.45, 2.75) is 18.8 Å². The number of para-hydroxylation sites is 1. The molecule has 110 valence electrons. The van der Waals surface area contributed by atoms with E-state index in [0.29, 0.717) is 23.4 Å². The largest absolute Gasteiger partial charge is 0.496 e. The predicted octanol–water partition coefficient (Wildman–Crippen LogP) is 3.08. The first-order valence-electron chi connectivity index (χ1n) is 7.14. The highest BCUT2D eigenvalue weighted by Crippen LogP contribution is 2.38. The van der Waals surface area contributed by atoms with Crippen LogP contribution in [0, 0.1) is 0 Å². The van der Waals surface area contributed by atoms with Gasteiger partial charge >= 0.3 is 0 Å². The highest BCUT2D eigenvalue weighted by atomic mass is 16.5. The van der Waals surface area contributed by atoms with E-state index in [1.807, 2.05) is 24.3 Å². The fourth-order valence-electron chi connectivity index (χ4n) is 2.27. The molecule has 0 amide bonds. The smallest absolute Gasteiger partial charge is 0.251 e. The lowest BCUT2D eigenvalue weighted by molar-refractivity contribution is 0.414. The van der Waals surface area contributed by atoms with Gasteiger partial charge in [0.2, 0.25) is 0 Å². The second kappa shape index (κ2) is 5.22. The third kappa shape index (κ3) is 2.32. The van der Waals surface area contributed by atoms with Gasteiger partial charge in [0.05, 0.1) is 18.2 Å². The van der Waals surface area contributed by atoms with E-state index in [1.54, 1.807) is 19.5 Å². The molecule has 1 aromatic carbocycles. The van der Waals surface area contributed by atoms with Crippen molar-refractivity contribution in [2.24, 2.45) is 0 Å². The van der Waals surface area contributed by atoms with Gasteiger partial charge in [-0.25, -0.2) is 9.97 Å². The lowest BCUT2D eigenvalue weighted by Crippen LogP contribution is -1.91. The molecule has 6 nitrogen and oxygen atoms in total. The number of rotatable bonds is 4. The summed E-state index contributed by atoms with van der Waals surface area (Å²) in [4.78, 5) is 8.74. The van der Waals surface area contributed by atoms with Crippen LogP contribution in [0.4, 0.5) is 0 Å². The quantitative estimate of drug-likeness (QED) is 0.736. The van der Waals surface area contributed by atoms with Crippen LogP contribution >= 0.6 is 0 Å². The summed E-state index contributed by atoms with van der Waals surface area (Å²) in [5, 5.41) is 8.17. The summed E-state index contributed by atoms with van der Waals surface area (Å²) in [6, 6.07) is 7.52. The Kier molecular flexibility index (Phi) is 3.07. The standard InChI is InChI=1S/C16H14N4O2/c1-21-13-5-3-2-4-12(13)16-20-19-15(22-16)11-8-17-14(18-9-11)10-6-7-10/h2-5,8-10H,6-7H2,1H3. The van der Waals surface area contributed by atoms with E-state index in [9.17, 15) is 0 Å². The summed E-state index contributed by atoms with van der Waals surface area (Å²) >= 11 is 0. The van der Waals surface area contributed by atoms with Crippen molar-refractivity contribution in [3.05, 3.63) is 42.5 Å². The number of nitrogens with zero attached hydrogens (tertiary/aromatic N) is 4. The summed E-state index contributed by atoms with van der Waals surface area (Å²) in [6.45, 7) is 0. The maximum atomic E-state index is 5.73. The molecule has 22 heavy (non-hydrogen) atoms. The third-order valence-electron chi connectivity index (χ3n) is 3.62. The number of hydrogen-bond donors (Lipinski definition) is 0. The van der Waals surface area contributed by atoms with E-state index >= 15 is 0 Å². The molecule has 0 unspecified atom stereocenters. The number of ether oxygens (including phenoxy) is 1. The molecule has 6 heteroatoms. The monoisotopic (exact) mass is 294 g/mol. The molecule has 0 aliphatic heterocycles. The van der Waals surface area contributed by atoms with Crippen molar-refractivity contribution in [1.29, 1.82) is 0 Å². The van der Waals surface area contributed by atoms with Gasteiger partial charge in [-0.15, -0.1) is 10.2 Å². The van der Waals surface area contributed by atoms with Crippen LogP contribution in [0.3, 0.4) is 0 Å². The van der Waals surface area contributed by atoms with E-state index < -0.39 is 0 Å². The number of aromatic nitrogens is 4. The molecule has 0 radical (unpaired) electrons. The molecule has 1 fully saturated rings. The Balaban J connectivity index is 1.65. The summed E-state index contributed by atoms with van der Waals surface area (Å²) in [7, 11) is 1.61. The Morgan fingerprint density at radius 2 is 1.77 bits per heavy atom. The van der Waals surface area contributed by atoms with Crippen LogP contribution in [0.1, 0.15) is 24.6 Å². The average Bonchev–Trinajstić information content (AvgIpc) is 3.32. The zero-order valence-corrected chi connectivity index (χ0v) is 12.1. The first kappa shape index (κ1) is 12.9. The average molecular weight is 294 g/mol. The maximum Gasteiger partial charge on any atom is 0.251 e. The van der Waals surface area contributed by atoms with E-state index in [-0.39, 0.29) is 0 Å². The minimum absolute atomic E-state index is 0.406. The van der Waals surface area contributed by atoms with Gasteiger partial charge in [-0.1, -0.05) is 12.1 Å². The second-order valence-corrected chi connectivity index (χ2v) is 5.22. The summed E-state index contributed by atoms with van der Waals surface area (Å²) in [5.74, 6) is 2.94. The summed E-state index contributed by atoms with van der Waals surface area (Å²) < 4.78 is 11.0. The van der Waals surface area contributed by atoms with E-state index in [1.165, 1.54) is 12.8 Å². The summed E-state index contributed by atoms with van der Waals surface area (Å²) in [5.41, 5.74) is 1.48. The third-order valence-corrected chi connectivity index (χ3v) is 3.62. The zero-order valence-electron chi connectivity index (χ0n) is 12.1. The van der Waals surface area contributed by atoms with Gasteiger partial charge in [0.15, 0.2) is 0 Å².